The van der Waals surface area contributed by atoms with Crippen LogP contribution in [0.2, 0.25) is 0 Å². The van der Waals surface area contributed by atoms with Gasteiger partial charge in [-0.3, -0.25) is 4.79 Å². The van der Waals surface area contributed by atoms with Crippen LogP contribution in [-0.2, 0) is 9.53 Å². The molecule has 0 radical (unpaired) electrons. The lowest BCUT2D eigenvalue weighted by Gasteiger charge is -2.23. The minimum Gasteiger partial charge on any atom is -0.444 e. The predicted molar refractivity (Wildman–Crippen MR) is 61.2 cm³/mol. The van der Waals surface area contributed by atoms with Gasteiger partial charge in [0.05, 0.1) is 0 Å². The summed E-state index contributed by atoms with van der Waals surface area (Å²) in [4.78, 5) is 24.2. The van der Waals surface area contributed by atoms with Gasteiger partial charge in [-0.15, -0.1) is 0 Å². The molecule has 4 nitrogen and oxygen atoms in total. The molecule has 1 heterocycles. The van der Waals surface area contributed by atoms with Crippen LogP contribution >= 0.6 is 0 Å². The molecule has 90 valence electrons. The molecule has 1 saturated heterocycles. The van der Waals surface area contributed by atoms with Crippen molar-refractivity contribution in [3.63, 3.8) is 0 Å². The van der Waals surface area contributed by atoms with Gasteiger partial charge >= 0.3 is 6.09 Å². The summed E-state index contributed by atoms with van der Waals surface area (Å²) in [6.45, 7) is 8.18. The molecule has 0 saturated carbocycles. The molecule has 4 heteroatoms. The Balaban J connectivity index is 2.54. The molecule has 0 aromatic carbocycles. The predicted octanol–water partition coefficient (Wildman–Crippen LogP) is 2.14. The first-order valence-corrected chi connectivity index (χ1v) is 5.46. The molecule has 0 aliphatic carbocycles. The van der Waals surface area contributed by atoms with Gasteiger partial charge in [0, 0.05) is 13.1 Å². The van der Waals surface area contributed by atoms with Crippen LogP contribution in [0, 0.1) is 0 Å². The van der Waals surface area contributed by atoms with Gasteiger partial charge in [-0.25, -0.2) is 4.79 Å². The average molecular weight is 225 g/mol. The van der Waals surface area contributed by atoms with E-state index in [9.17, 15) is 9.59 Å². The third-order valence-corrected chi connectivity index (χ3v) is 2.16. The van der Waals surface area contributed by atoms with E-state index in [1.165, 1.54) is 6.92 Å². The van der Waals surface area contributed by atoms with Gasteiger partial charge in [0.1, 0.15) is 5.60 Å². The van der Waals surface area contributed by atoms with E-state index in [0.717, 1.165) is 12.0 Å². The Bertz CT molecular complexity index is 326. The van der Waals surface area contributed by atoms with Crippen molar-refractivity contribution < 1.29 is 14.3 Å². The van der Waals surface area contributed by atoms with E-state index in [4.69, 9.17) is 4.74 Å². The molecule has 0 atom stereocenters. The van der Waals surface area contributed by atoms with Crippen molar-refractivity contribution in [2.75, 3.05) is 13.1 Å². The lowest BCUT2D eigenvalue weighted by atomic mass is 10.2. The molecule has 1 fully saturated rings. The molecule has 0 N–H and O–H groups in total. The van der Waals surface area contributed by atoms with Crippen molar-refractivity contribution in [2.24, 2.45) is 0 Å². The standard InChI is InChI=1S/C12H19NO3/c1-9(14)7-10-5-6-13(8-10)11(15)16-12(2,3)4/h7H,5-6,8H2,1-4H3. The lowest BCUT2D eigenvalue weighted by Crippen LogP contribution is -2.34. The fourth-order valence-electron chi connectivity index (χ4n) is 1.57. The normalized spacial score (nSPS) is 19.0. The number of likely N-dealkylation sites (tertiary alicyclic amines) is 1. The first-order chi connectivity index (χ1) is 7.28. The second kappa shape index (κ2) is 4.68. The highest BCUT2D eigenvalue weighted by Gasteiger charge is 2.26. The number of carbonyl (C=O) groups excluding carboxylic acids is 2. The molecular formula is C12H19NO3. The quantitative estimate of drug-likeness (QED) is 0.642. The van der Waals surface area contributed by atoms with Gasteiger partial charge in [-0.2, -0.15) is 0 Å². The molecule has 1 amide bonds. The average Bonchev–Trinajstić information content (AvgIpc) is 2.48. The Labute approximate surface area is 96.3 Å². The van der Waals surface area contributed by atoms with Crippen molar-refractivity contribution >= 4 is 11.9 Å². The van der Waals surface area contributed by atoms with Crippen molar-refractivity contribution in [1.82, 2.24) is 4.90 Å². The second-order valence-electron chi connectivity index (χ2n) is 5.07. The largest absolute Gasteiger partial charge is 0.444 e. The van der Waals surface area contributed by atoms with Crippen LogP contribution in [0.5, 0.6) is 0 Å². The Morgan fingerprint density at radius 3 is 2.50 bits per heavy atom. The van der Waals surface area contributed by atoms with Gasteiger partial charge < -0.3 is 9.64 Å². The Kier molecular flexibility index (Phi) is 3.73. The van der Waals surface area contributed by atoms with Gasteiger partial charge in [0.15, 0.2) is 5.78 Å². The Hall–Kier alpha value is -1.32. The first-order valence-electron chi connectivity index (χ1n) is 5.46. The van der Waals surface area contributed by atoms with Gasteiger partial charge in [0.25, 0.3) is 0 Å². The fraction of sp³-hybridized carbons (Fsp3) is 0.667. The van der Waals surface area contributed by atoms with Crippen LogP contribution in [0.3, 0.4) is 0 Å². The summed E-state index contributed by atoms with van der Waals surface area (Å²) >= 11 is 0. The Morgan fingerprint density at radius 2 is 2.00 bits per heavy atom. The maximum atomic E-state index is 11.7. The van der Waals surface area contributed by atoms with Crippen molar-refractivity contribution in [3.05, 3.63) is 11.6 Å². The molecule has 1 aliphatic rings. The molecule has 1 aliphatic heterocycles. The van der Waals surface area contributed by atoms with Gasteiger partial charge in [-0.05, 0) is 45.8 Å². The number of ether oxygens (including phenoxy) is 1. The molecular weight excluding hydrogens is 206 g/mol. The van der Waals surface area contributed by atoms with Crippen LogP contribution in [-0.4, -0.2) is 35.5 Å². The maximum Gasteiger partial charge on any atom is 0.410 e. The number of amides is 1. The number of hydrogen-bond donors (Lipinski definition) is 0. The number of ketones is 1. The van der Waals surface area contributed by atoms with E-state index in [1.807, 2.05) is 20.8 Å². The SMILES string of the molecule is CC(=O)C=C1CCN(C(=O)OC(C)(C)C)C1. The summed E-state index contributed by atoms with van der Waals surface area (Å²) in [6.07, 6.45) is 2.06. The highest BCUT2D eigenvalue weighted by atomic mass is 16.6. The van der Waals surface area contributed by atoms with Crippen LogP contribution in [0.1, 0.15) is 34.1 Å². The van der Waals surface area contributed by atoms with Crippen LogP contribution in [0.4, 0.5) is 4.79 Å². The monoisotopic (exact) mass is 225 g/mol. The molecule has 0 bridgehead atoms. The third-order valence-electron chi connectivity index (χ3n) is 2.16. The van der Waals surface area contributed by atoms with Crippen LogP contribution in [0.25, 0.3) is 0 Å². The third kappa shape index (κ3) is 4.04. The zero-order valence-corrected chi connectivity index (χ0v) is 10.4. The highest BCUT2D eigenvalue weighted by molar-refractivity contribution is 5.88. The second-order valence-corrected chi connectivity index (χ2v) is 5.07. The van der Waals surface area contributed by atoms with Crippen molar-refractivity contribution in [3.8, 4) is 0 Å². The van der Waals surface area contributed by atoms with Crippen LogP contribution < -0.4 is 0 Å². The van der Waals surface area contributed by atoms with E-state index in [-0.39, 0.29) is 11.9 Å². The summed E-state index contributed by atoms with van der Waals surface area (Å²) in [6, 6.07) is 0. The minimum atomic E-state index is -0.468. The number of nitrogens with zero attached hydrogens (tertiary/aromatic N) is 1. The molecule has 16 heavy (non-hydrogen) atoms. The maximum absolute atomic E-state index is 11.7. The highest BCUT2D eigenvalue weighted by Crippen LogP contribution is 2.18. The molecule has 0 spiro atoms. The Morgan fingerprint density at radius 1 is 1.38 bits per heavy atom. The first kappa shape index (κ1) is 12.7. The van der Waals surface area contributed by atoms with Gasteiger partial charge in [0.2, 0.25) is 0 Å². The number of carbonyl (C=O) groups is 2. The molecule has 0 unspecified atom stereocenters. The summed E-state index contributed by atoms with van der Waals surface area (Å²) in [5.41, 5.74) is 0.530. The number of hydrogen-bond acceptors (Lipinski definition) is 3. The van der Waals surface area contributed by atoms with E-state index in [1.54, 1.807) is 11.0 Å². The van der Waals surface area contributed by atoms with Gasteiger partial charge in [-0.1, -0.05) is 0 Å². The van der Waals surface area contributed by atoms with E-state index < -0.39 is 5.60 Å². The topological polar surface area (TPSA) is 46.6 Å². The van der Waals surface area contributed by atoms with Crippen molar-refractivity contribution in [1.29, 1.82) is 0 Å². The summed E-state index contributed by atoms with van der Waals surface area (Å²) in [5, 5.41) is 0. The lowest BCUT2D eigenvalue weighted by molar-refractivity contribution is -0.112. The minimum absolute atomic E-state index is 0.0287. The zero-order chi connectivity index (χ0) is 12.3. The number of rotatable bonds is 1. The fourth-order valence-corrected chi connectivity index (χ4v) is 1.57. The smallest absolute Gasteiger partial charge is 0.410 e. The van der Waals surface area contributed by atoms with E-state index >= 15 is 0 Å². The molecule has 1 rings (SSSR count). The molecule has 0 aromatic heterocycles. The van der Waals surface area contributed by atoms with Crippen LogP contribution in [0.15, 0.2) is 11.6 Å². The molecule has 0 aromatic rings. The summed E-state index contributed by atoms with van der Waals surface area (Å²) in [5.74, 6) is 0.0287. The van der Waals surface area contributed by atoms with E-state index in [0.29, 0.717) is 13.1 Å². The summed E-state index contributed by atoms with van der Waals surface area (Å²) in [7, 11) is 0. The van der Waals surface area contributed by atoms with E-state index in [2.05, 4.69) is 0 Å². The zero-order valence-electron chi connectivity index (χ0n) is 10.4. The summed E-state index contributed by atoms with van der Waals surface area (Å²) < 4.78 is 5.25. The number of allylic oxidation sites excluding steroid dienone is 1. The van der Waals surface area contributed by atoms with Crippen molar-refractivity contribution in [2.45, 2.75) is 39.7 Å².